The molecule has 0 saturated heterocycles. The summed E-state index contributed by atoms with van der Waals surface area (Å²) in [7, 11) is -3.31. The van der Waals surface area contributed by atoms with Crippen LogP contribution >= 0.6 is 0 Å². The Kier molecular flexibility index (Phi) is 4.90. The van der Waals surface area contributed by atoms with Gasteiger partial charge in [0, 0.05) is 5.54 Å². The zero-order valence-electron chi connectivity index (χ0n) is 14.4. The van der Waals surface area contributed by atoms with E-state index in [2.05, 4.69) is 38.0 Å². The van der Waals surface area contributed by atoms with Gasteiger partial charge in [-0.1, -0.05) is 26.0 Å². The maximum absolute atomic E-state index is 12.1. The van der Waals surface area contributed by atoms with Gasteiger partial charge in [0.05, 0.1) is 30.7 Å². The maximum Gasteiger partial charge on any atom is 0.212 e. The number of hydrogen-bond donors (Lipinski definition) is 0. The fourth-order valence-corrected chi connectivity index (χ4v) is 3.43. The van der Waals surface area contributed by atoms with Crippen molar-refractivity contribution in [2.75, 3.05) is 6.26 Å². The minimum Gasteiger partial charge on any atom is -0.245 e. The van der Waals surface area contributed by atoms with Crippen LogP contribution in [-0.4, -0.2) is 39.5 Å². The summed E-state index contributed by atoms with van der Waals surface area (Å²) < 4.78 is 27.4. The molecule has 0 aliphatic rings. The molecule has 0 aromatic carbocycles. The van der Waals surface area contributed by atoms with Crippen molar-refractivity contribution in [1.29, 1.82) is 0 Å². The predicted molar refractivity (Wildman–Crippen MR) is 84.3 cm³/mol. The molecule has 0 saturated carbocycles. The average Bonchev–Trinajstić information content (AvgIpc) is 2.67. The highest BCUT2D eigenvalue weighted by atomic mass is 32.2. The van der Waals surface area contributed by atoms with E-state index in [4.69, 9.17) is 0 Å². The van der Waals surface area contributed by atoms with Gasteiger partial charge in [0.1, 0.15) is 0 Å². The molecule has 0 spiro atoms. The van der Waals surface area contributed by atoms with Gasteiger partial charge in [-0.15, -0.1) is 5.10 Å². The molecule has 0 N–H and O–H groups in total. The zero-order valence-corrected chi connectivity index (χ0v) is 15.2. The smallest absolute Gasteiger partial charge is 0.212 e. The summed E-state index contributed by atoms with van der Waals surface area (Å²) >= 11 is 0. The molecule has 6 nitrogen and oxygen atoms in total. The van der Waals surface area contributed by atoms with E-state index in [1.54, 1.807) is 6.20 Å². The lowest BCUT2D eigenvalue weighted by Crippen LogP contribution is -2.45. The van der Waals surface area contributed by atoms with Crippen LogP contribution in [0.5, 0.6) is 0 Å². The van der Waals surface area contributed by atoms with E-state index in [-0.39, 0.29) is 18.0 Å². The summed E-state index contributed by atoms with van der Waals surface area (Å²) in [6.45, 7) is 14.4. The molecule has 1 heterocycles. The number of aromatic nitrogens is 3. The number of sulfonamides is 1. The highest BCUT2D eigenvalue weighted by Crippen LogP contribution is 2.31. The molecule has 0 aliphatic heterocycles. The van der Waals surface area contributed by atoms with E-state index in [0.717, 1.165) is 5.69 Å². The molecule has 1 aromatic rings. The number of hydrogen-bond acceptors (Lipinski definition) is 4. The second-order valence-corrected chi connectivity index (χ2v) is 9.56. The van der Waals surface area contributed by atoms with Gasteiger partial charge in [-0.25, -0.2) is 13.1 Å². The van der Waals surface area contributed by atoms with Crippen LogP contribution in [0.4, 0.5) is 0 Å². The first-order chi connectivity index (χ1) is 9.24. The maximum atomic E-state index is 12.1. The Morgan fingerprint density at radius 1 is 1.24 bits per heavy atom. The molecule has 0 unspecified atom stereocenters. The molecular weight excluding hydrogens is 288 g/mol. The van der Waals surface area contributed by atoms with Crippen LogP contribution in [0.2, 0.25) is 0 Å². The standard InChI is InChI=1S/C14H28N4O2S/c1-11(13(2,3)4)18-12(9-15-16-18)10-17(14(5,6)7)21(8,19)20/h9,11H,10H2,1-8H3/t11-/m1/s1. The van der Waals surface area contributed by atoms with Gasteiger partial charge in [0.15, 0.2) is 0 Å². The van der Waals surface area contributed by atoms with Gasteiger partial charge in [-0.2, -0.15) is 4.31 Å². The van der Waals surface area contributed by atoms with Gasteiger partial charge in [0.25, 0.3) is 0 Å². The van der Waals surface area contributed by atoms with Crippen LogP contribution in [-0.2, 0) is 16.6 Å². The lowest BCUT2D eigenvalue weighted by molar-refractivity contribution is 0.211. The summed E-state index contributed by atoms with van der Waals surface area (Å²) in [5.74, 6) is 0. The van der Waals surface area contributed by atoms with Crippen molar-refractivity contribution < 1.29 is 8.42 Å². The third-order valence-electron chi connectivity index (χ3n) is 3.72. The number of nitrogens with zero attached hydrogens (tertiary/aromatic N) is 4. The van der Waals surface area contributed by atoms with Crippen LogP contribution in [0, 0.1) is 5.41 Å². The van der Waals surface area contributed by atoms with E-state index >= 15 is 0 Å². The molecule has 0 radical (unpaired) electrons. The van der Waals surface area contributed by atoms with Gasteiger partial charge < -0.3 is 0 Å². The van der Waals surface area contributed by atoms with Crippen molar-refractivity contribution in [3.05, 3.63) is 11.9 Å². The van der Waals surface area contributed by atoms with Gasteiger partial charge in [0.2, 0.25) is 10.0 Å². The Balaban J connectivity index is 3.17. The summed E-state index contributed by atoms with van der Waals surface area (Å²) in [6, 6.07) is 0.122. The second-order valence-electron chi connectivity index (χ2n) is 7.65. The Morgan fingerprint density at radius 3 is 2.14 bits per heavy atom. The third-order valence-corrected chi connectivity index (χ3v) is 5.20. The summed E-state index contributed by atoms with van der Waals surface area (Å²) in [5.41, 5.74) is 0.325. The summed E-state index contributed by atoms with van der Waals surface area (Å²) in [4.78, 5) is 0. The summed E-state index contributed by atoms with van der Waals surface area (Å²) in [5, 5.41) is 8.11. The molecule has 21 heavy (non-hydrogen) atoms. The van der Waals surface area contributed by atoms with Crippen molar-refractivity contribution in [3.8, 4) is 0 Å². The van der Waals surface area contributed by atoms with Crippen molar-refractivity contribution in [2.24, 2.45) is 5.41 Å². The Morgan fingerprint density at radius 2 is 1.76 bits per heavy atom. The lowest BCUT2D eigenvalue weighted by atomic mass is 9.88. The van der Waals surface area contributed by atoms with Crippen molar-refractivity contribution in [1.82, 2.24) is 19.3 Å². The van der Waals surface area contributed by atoms with Gasteiger partial charge >= 0.3 is 0 Å². The first-order valence-electron chi connectivity index (χ1n) is 7.11. The molecular formula is C14H28N4O2S. The highest BCUT2D eigenvalue weighted by Gasteiger charge is 2.32. The third kappa shape index (κ3) is 4.51. The fourth-order valence-electron chi connectivity index (χ4n) is 2.07. The first-order valence-corrected chi connectivity index (χ1v) is 8.96. The van der Waals surface area contributed by atoms with E-state index in [0.29, 0.717) is 0 Å². The largest absolute Gasteiger partial charge is 0.245 e. The van der Waals surface area contributed by atoms with Crippen LogP contribution in [0.3, 0.4) is 0 Å². The first kappa shape index (κ1) is 18.1. The molecule has 122 valence electrons. The molecule has 1 atom stereocenters. The summed E-state index contributed by atoms with van der Waals surface area (Å²) in [6.07, 6.45) is 2.88. The topological polar surface area (TPSA) is 68.1 Å². The van der Waals surface area contributed by atoms with Crippen LogP contribution in [0.1, 0.15) is 60.2 Å². The highest BCUT2D eigenvalue weighted by molar-refractivity contribution is 7.88. The SMILES string of the molecule is C[C@@H](n1nncc1CN(C(C)(C)C)S(C)(=O)=O)C(C)(C)C. The zero-order chi connectivity index (χ0) is 16.6. The van der Waals surface area contributed by atoms with Gasteiger partial charge in [-0.3, -0.25) is 0 Å². The Bertz CT molecular complexity index is 579. The van der Waals surface area contributed by atoms with E-state index in [9.17, 15) is 8.42 Å². The quantitative estimate of drug-likeness (QED) is 0.855. The van der Waals surface area contributed by atoms with Crippen LogP contribution in [0.15, 0.2) is 6.20 Å². The number of rotatable bonds is 4. The normalized spacial score (nSPS) is 15.5. The molecule has 7 heteroatoms. The molecule has 1 aromatic heterocycles. The molecule has 0 fully saturated rings. The van der Waals surface area contributed by atoms with Crippen molar-refractivity contribution in [3.63, 3.8) is 0 Å². The fraction of sp³-hybridized carbons (Fsp3) is 0.857. The van der Waals surface area contributed by atoms with Gasteiger partial charge in [-0.05, 0) is 33.1 Å². The van der Waals surface area contributed by atoms with E-state index in [1.807, 2.05) is 25.5 Å². The van der Waals surface area contributed by atoms with E-state index < -0.39 is 15.6 Å². The second kappa shape index (κ2) is 5.68. The van der Waals surface area contributed by atoms with Crippen molar-refractivity contribution in [2.45, 2.75) is 66.6 Å². The predicted octanol–water partition coefficient (Wildman–Crippen LogP) is 2.45. The minimum absolute atomic E-state index is 0.0140. The van der Waals surface area contributed by atoms with Crippen LogP contribution in [0.25, 0.3) is 0 Å². The monoisotopic (exact) mass is 316 g/mol. The Labute approximate surface area is 128 Å². The van der Waals surface area contributed by atoms with Crippen molar-refractivity contribution >= 4 is 10.0 Å². The molecule has 0 aliphatic carbocycles. The molecule has 0 bridgehead atoms. The average molecular weight is 316 g/mol. The van der Waals surface area contributed by atoms with Crippen LogP contribution < -0.4 is 0 Å². The molecule has 0 amide bonds. The van der Waals surface area contributed by atoms with E-state index in [1.165, 1.54) is 10.6 Å². The molecule has 1 rings (SSSR count). The Hall–Kier alpha value is -0.950. The lowest BCUT2D eigenvalue weighted by Gasteiger charge is -2.34. The minimum atomic E-state index is -3.31.